The molecule has 0 bridgehead atoms. The molecule has 0 saturated carbocycles. The molecule has 2 heterocycles. The summed E-state index contributed by atoms with van der Waals surface area (Å²) >= 11 is 0. The molecule has 2 fully saturated rings. The van der Waals surface area contributed by atoms with Crippen LogP contribution in [0.2, 0.25) is 0 Å². The highest BCUT2D eigenvalue weighted by atomic mass is 19.1. The van der Waals surface area contributed by atoms with E-state index in [1.54, 1.807) is 31.4 Å². The number of rotatable bonds is 9. The van der Waals surface area contributed by atoms with Crippen molar-refractivity contribution in [2.45, 2.75) is 44.9 Å². The van der Waals surface area contributed by atoms with Gasteiger partial charge in [-0.05, 0) is 36.8 Å². The molecule has 0 spiro atoms. The van der Waals surface area contributed by atoms with Crippen LogP contribution < -0.4 is 19.3 Å². The zero-order chi connectivity index (χ0) is 26.7. The van der Waals surface area contributed by atoms with E-state index in [0.717, 1.165) is 0 Å². The molecule has 4 atom stereocenters. The van der Waals surface area contributed by atoms with Gasteiger partial charge in [-0.25, -0.2) is 8.78 Å². The molecular formula is C28H34F2N2O5. The highest BCUT2D eigenvalue weighted by Crippen LogP contribution is 2.36. The number of carboxylic acid groups (broad SMARTS) is 1. The van der Waals surface area contributed by atoms with Crippen LogP contribution in [0.1, 0.15) is 26.7 Å². The highest BCUT2D eigenvalue weighted by Gasteiger charge is 2.37. The van der Waals surface area contributed by atoms with E-state index in [1.165, 1.54) is 12.1 Å². The normalized spacial score (nSPS) is 23.9. The minimum Gasteiger partial charge on any atom is -0.494 e. The van der Waals surface area contributed by atoms with Gasteiger partial charge in [-0.2, -0.15) is 0 Å². The van der Waals surface area contributed by atoms with Gasteiger partial charge in [0.1, 0.15) is 17.7 Å². The summed E-state index contributed by atoms with van der Waals surface area (Å²) in [4.78, 5) is 15.2. The number of nitrogens with zero attached hydrogens (tertiary/aromatic N) is 2. The fourth-order valence-electron chi connectivity index (χ4n) is 5.19. The lowest BCUT2D eigenvalue weighted by atomic mass is 9.95. The minimum atomic E-state index is -0.960. The van der Waals surface area contributed by atoms with Gasteiger partial charge < -0.3 is 29.1 Å². The van der Waals surface area contributed by atoms with Gasteiger partial charge in [0.05, 0.1) is 30.9 Å². The first-order valence-electron chi connectivity index (χ1n) is 12.5. The predicted octanol–water partition coefficient (Wildman–Crippen LogP) is 4.89. The topological polar surface area (TPSA) is 71.5 Å². The van der Waals surface area contributed by atoms with Crippen molar-refractivity contribution in [3.05, 3.63) is 60.2 Å². The van der Waals surface area contributed by atoms with E-state index in [4.69, 9.17) is 14.2 Å². The van der Waals surface area contributed by atoms with Crippen LogP contribution in [0.4, 0.5) is 20.2 Å². The van der Waals surface area contributed by atoms with Crippen molar-refractivity contribution in [1.29, 1.82) is 0 Å². The SMILES string of the molecule is C=C1[C@@H](OC)CN(c2ccc(OC3CCN(c4cc(OCC)ccc4F)CC3C)c(F)c2)[C@H]1CC(=O)O. The van der Waals surface area contributed by atoms with Gasteiger partial charge in [-0.15, -0.1) is 0 Å². The molecule has 2 aliphatic heterocycles. The van der Waals surface area contributed by atoms with Crippen LogP contribution in [0.25, 0.3) is 0 Å². The zero-order valence-corrected chi connectivity index (χ0v) is 21.5. The average molecular weight is 517 g/mol. The molecule has 37 heavy (non-hydrogen) atoms. The number of ether oxygens (including phenoxy) is 3. The Bertz CT molecular complexity index is 1140. The molecule has 7 nitrogen and oxygen atoms in total. The quantitative estimate of drug-likeness (QED) is 0.476. The fraction of sp³-hybridized carbons (Fsp3) is 0.464. The molecule has 0 aliphatic carbocycles. The zero-order valence-electron chi connectivity index (χ0n) is 21.5. The second-order valence-electron chi connectivity index (χ2n) is 9.59. The van der Waals surface area contributed by atoms with Crippen LogP contribution >= 0.6 is 0 Å². The van der Waals surface area contributed by atoms with Gasteiger partial charge in [-0.3, -0.25) is 4.79 Å². The van der Waals surface area contributed by atoms with Gasteiger partial charge in [-0.1, -0.05) is 13.5 Å². The summed E-state index contributed by atoms with van der Waals surface area (Å²) in [5, 5.41) is 9.33. The standard InChI is InChI=1S/C28H34F2N2O5/c1-5-36-20-7-8-21(29)24(13-20)31-11-10-25(17(2)15-31)37-26-9-6-19(12-22(26)30)32-16-27(35-4)18(3)23(32)14-28(33)34/h6-9,12-13,17,23,25,27H,3,5,10-11,14-16H2,1-2,4H3,(H,33,34)/t17?,23-,25?,27-/m0/s1. The third-order valence-electron chi connectivity index (χ3n) is 7.15. The number of hydrogen-bond donors (Lipinski definition) is 1. The van der Waals surface area contributed by atoms with Crippen molar-refractivity contribution in [3.63, 3.8) is 0 Å². The first-order valence-corrected chi connectivity index (χ1v) is 12.5. The number of anilines is 2. The molecule has 0 amide bonds. The van der Waals surface area contributed by atoms with E-state index in [1.807, 2.05) is 23.6 Å². The van der Waals surface area contributed by atoms with Crippen LogP contribution in [-0.4, -0.2) is 62.7 Å². The van der Waals surface area contributed by atoms with Crippen molar-refractivity contribution < 1.29 is 32.9 Å². The molecule has 0 aromatic heterocycles. The van der Waals surface area contributed by atoms with Crippen LogP contribution in [0.3, 0.4) is 0 Å². The summed E-state index contributed by atoms with van der Waals surface area (Å²) in [5.41, 5.74) is 1.70. The molecule has 2 aromatic carbocycles. The lowest BCUT2D eigenvalue weighted by molar-refractivity contribution is -0.137. The Morgan fingerprint density at radius 3 is 2.59 bits per heavy atom. The lowest BCUT2D eigenvalue weighted by Gasteiger charge is -2.38. The largest absolute Gasteiger partial charge is 0.494 e. The molecule has 200 valence electrons. The maximum Gasteiger partial charge on any atom is 0.305 e. The maximum atomic E-state index is 15.2. The van der Waals surface area contributed by atoms with Gasteiger partial charge >= 0.3 is 5.97 Å². The Morgan fingerprint density at radius 2 is 1.95 bits per heavy atom. The minimum absolute atomic E-state index is 0.0206. The Labute approximate surface area is 216 Å². The molecular weight excluding hydrogens is 482 g/mol. The van der Waals surface area contributed by atoms with Gasteiger partial charge in [0.2, 0.25) is 0 Å². The summed E-state index contributed by atoms with van der Waals surface area (Å²) in [7, 11) is 1.55. The van der Waals surface area contributed by atoms with E-state index < -0.39 is 17.8 Å². The molecule has 0 radical (unpaired) electrons. The molecule has 9 heteroatoms. The molecule has 2 aliphatic rings. The van der Waals surface area contributed by atoms with Crippen LogP contribution in [0, 0.1) is 17.6 Å². The van der Waals surface area contributed by atoms with Crippen molar-refractivity contribution in [1.82, 2.24) is 0 Å². The lowest BCUT2D eigenvalue weighted by Crippen LogP contribution is -2.44. The number of hydrogen-bond acceptors (Lipinski definition) is 6. The summed E-state index contributed by atoms with van der Waals surface area (Å²) in [5.74, 6) is -1.02. The smallest absolute Gasteiger partial charge is 0.305 e. The first-order chi connectivity index (χ1) is 17.7. The Hall–Kier alpha value is -3.33. The van der Waals surface area contributed by atoms with Crippen molar-refractivity contribution in [3.8, 4) is 11.5 Å². The molecule has 2 unspecified atom stereocenters. The van der Waals surface area contributed by atoms with Gasteiger partial charge in [0.15, 0.2) is 11.6 Å². The Balaban J connectivity index is 1.44. The van der Waals surface area contributed by atoms with Crippen molar-refractivity contribution in [2.75, 3.05) is 43.2 Å². The second-order valence-corrected chi connectivity index (χ2v) is 9.59. The van der Waals surface area contributed by atoms with Crippen LogP contribution in [0.15, 0.2) is 48.6 Å². The molecule has 4 rings (SSSR count). The highest BCUT2D eigenvalue weighted by molar-refractivity contribution is 5.70. The van der Waals surface area contributed by atoms with E-state index >= 15 is 4.39 Å². The van der Waals surface area contributed by atoms with Gasteiger partial charge in [0.25, 0.3) is 0 Å². The number of aliphatic carboxylic acids is 1. The van der Waals surface area contributed by atoms with Crippen LogP contribution in [-0.2, 0) is 9.53 Å². The third kappa shape index (κ3) is 5.82. The number of methoxy groups -OCH3 is 1. The number of piperidine rings is 1. The number of benzene rings is 2. The monoisotopic (exact) mass is 516 g/mol. The number of halogens is 2. The first kappa shape index (κ1) is 26.7. The van der Waals surface area contributed by atoms with Gasteiger partial charge in [0, 0.05) is 56.9 Å². The Morgan fingerprint density at radius 1 is 1.16 bits per heavy atom. The molecule has 2 saturated heterocycles. The Kier molecular flexibility index (Phi) is 8.22. The number of carboxylic acids is 1. The summed E-state index contributed by atoms with van der Waals surface area (Å²) in [6.07, 6.45) is -0.113. The van der Waals surface area contributed by atoms with E-state index in [9.17, 15) is 14.3 Å². The summed E-state index contributed by atoms with van der Waals surface area (Å²) in [6, 6.07) is 8.93. The predicted molar refractivity (Wildman–Crippen MR) is 138 cm³/mol. The molecule has 1 N–H and O–H groups in total. The summed E-state index contributed by atoms with van der Waals surface area (Å²) in [6.45, 7) is 9.91. The second kappa shape index (κ2) is 11.4. The summed E-state index contributed by atoms with van der Waals surface area (Å²) < 4.78 is 46.7. The maximum absolute atomic E-state index is 15.2. The van der Waals surface area contributed by atoms with E-state index in [-0.39, 0.29) is 36.1 Å². The van der Waals surface area contributed by atoms with E-state index in [0.29, 0.717) is 55.4 Å². The van der Waals surface area contributed by atoms with E-state index in [2.05, 4.69) is 6.58 Å². The van der Waals surface area contributed by atoms with Crippen molar-refractivity contribution in [2.24, 2.45) is 5.92 Å². The number of carbonyl (C=O) groups is 1. The average Bonchev–Trinajstić information content (AvgIpc) is 3.17. The molecule has 2 aromatic rings. The van der Waals surface area contributed by atoms with Crippen LogP contribution in [0.5, 0.6) is 11.5 Å². The fourth-order valence-corrected chi connectivity index (χ4v) is 5.19. The third-order valence-corrected chi connectivity index (χ3v) is 7.15. The van der Waals surface area contributed by atoms with Crippen molar-refractivity contribution >= 4 is 17.3 Å².